The first-order valence-corrected chi connectivity index (χ1v) is 19.0. The lowest BCUT2D eigenvalue weighted by molar-refractivity contribution is -0.672. The van der Waals surface area contributed by atoms with Crippen molar-refractivity contribution in [1.29, 1.82) is 0 Å². The van der Waals surface area contributed by atoms with Crippen molar-refractivity contribution in [2.24, 2.45) is 0 Å². The van der Waals surface area contributed by atoms with Gasteiger partial charge in [-0.15, -0.1) is 0 Å². The molecule has 46 heavy (non-hydrogen) atoms. The number of unbranched alkanes of at least 4 members (excludes halogenated alkanes) is 15. The van der Waals surface area contributed by atoms with Crippen LogP contribution in [0.25, 0.3) is 10.9 Å². The van der Waals surface area contributed by atoms with E-state index in [0.717, 1.165) is 23.7 Å². The Morgan fingerprint density at radius 3 is 2.22 bits per heavy atom. The van der Waals surface area contributed by atoms with Crippen molar-refractivity contribution in [2.45, 2.75) is 148 Å². The second-order valence-electron chi connectivity index (χ2n) is 12.5. The average Bonchev–Trinajstić information content (AvgIpc) is 3.55. The highest BCUT2D eigenvalue weighted by atomic mass is 31.2. The molecule has 1 aliphatic rings. The molecule has 4 atom stereocenters. The van der Waals surface area contributed by atoms with Gasteiger partial charge in [0, 0.05) is 24.1 Å². The molecule has 1 aromatic heterocycles. The van der Waals surface area contributed by atoms with Crippen LogP contribution in [-0.2, 0) is 25.1 Å². The first-order chi connectivity index (χ1) is 22.6. The van der Waals surface area contributed by atoms with Crippen LogP contribution in [0.2, 0.25) is 0 Å². The molecule has 2 aromatic rings. The van der Waals surface area contributed by atoms with Crippen LogP contribution in [0.4, 0.5) is 4.79 Å². The lowest BCUT2D eigenvalue weighted by Gasteiger charge is -2.27. The van der Waals surface area contributed by atoms with E-state index in [2.05, 4.69) is 12.2 Å². The number of pyridine rings is 1. The van der Waals surface area contributed by atoms with E-state index in [1.807, 2.05) is 47.2 Å². The van der Waals surface area contributed by atoms with E-state index in [0.29, 0.717) is 25.9 Å². The molecule has 1 fully saturated rings. The number of carbonyl (C=O) groups excluding carboxylic acids is 1. The summed E-state index contributed by atoms with van der Waals surface area (Å²) in [7, 11) is -2.52. The van der Waals surface area contributed by atoms with Crippen LogP contribution in [-0.4, -0.2) is 49.5 Å². The molecular weight excluding hydrogens is 603 g/mol. The molecule has 0 saturated carbocycles. The van der Waals surface area contributed by atoms with Crippen molar-refractivity contribution in [3.63, 3.8) is 0 Å². The fourth-order valence-corrected chi connectivity index (χ4v) is 6.57. The molecule has 3 rings (SSSR count). The molecular formula is C36H59N2O7P. The number of para-hydroxylation sites is 1. The number of aromatic nitrogens is 1. The third-order valence-corrected chi connectivity index (χ3v) is 9.45. The van der Waals surface area contributed by atoms with E-state index in [-0.39, 0.29) is 19.3 Å². The van der Waals surface area contributed by atoms with Crippen molar-refractivity contribution >= 4 is 25.6 Å². The maximum Gasteiger partial charge on any atom is 0.407 e. The molecule has 2 N–H and O–H groups in total. The lowest BCUT2D eigenvalue weighted by Crippen LogP contribution is -2.36. The molecule has 1 amide bonds. The summed E-state index contributed by atoms with van der Waals surface area (Å²) >= 11 is 0. The Hall–Kier alpha value is -1.87. The first kappa shape index (κ1) is 38.6. The number of amides is 1. The van der Waals surface area contributed by atoms with Gasteiger partial charge in [-0.05, 0) is 31.4 Å². The number of hydrogen-bond donors (Lipinski definition) is 2. The largest absolute Gasteiger partial charge is 0.786 e. The van der Waals surface area contributed by atoms with E-state index in [4.69, 9.17) is 18.5 Å². The molecule has 1 saturated heterocycles. The number of carbonyl (C=O) groups is 1. The summed E-state index contributed by atoms with van der Waals surface area (Å²) in [5.74, 6) is 0. The highest BCUT2D eigenvalue weighted by Gasteiger charge is 2.32. The fourth-order valence-electron chi connectivity index (χ4n) is 5.97. The third kappa shape index (κ3) is 16.3. The number of aliphatic hydroxyl groups excluding tert-OH is 1. The quantitative estimate of drug-likeness (QED) is 0.0462. The Kier molecular flexibility index (Phi) is 20.4. The lowest BCUT2D eigenvalue weighted by atomic mass is 10.0. The van der Waals surface area contributed by atoms with Gasteiger partial charge in [0.2, 0.25) is 5.52 Å². The van der Waals surface area contributed by atoms with E-state index < -0.39 is 27.1 Å². The number of nitrogens with one attached hydrogen (secondary N) is 1. The predicted octanol–water partition coefficient (Wildman–Crippen LogP) is 7.60. The van der Waals surface area contributed by atoms with Gasteiger partial charge in [-0.2, -0.15) is 4.57 Å². The molecule has 2 heterocycles. The van der Waals surface area contributed by atoms with E-state index in [9.17, 15) is 14.8 Å². The molecule has 9 nitrogen and oxygen atoms in total. The summed E-state index contributed by atoms with van der Waals surface area (Å²) in [6.45, 7) is 3.62. The van der Waals surface area contributed by atoms with Crippen molar-refractivity contribution in [3.05, 3.63) is 42.6 Å². The average molecular weight is 663 g/mol. The van der Waals surface area contributed by atoms with Gasteiger partial charge in [-0.1, -0.05) is 115 Å². The first-order valence-electron chi connectivity index (χ1n) is 17.9. The maximum absolute atomic E-state index is 12.3. The smallest absolute Gasteiger partial charge is 0.407 e. The summed E-state index contributed by atoms with van der Waals surface area (Å²) in [6.07, 6.45) is 21.3. The standard InChI is InChI=1S/C36H59N2O7P/c1-2-3-4-5-6-7-8-9-10-11-12-13-14-15-16-19-26-37-36(40)42-30-32-24-25-34(44-32)35(39)45-46(41)43-29-28-38-27-20-22-31-21-17-18-23-33(31)38/h17-18,20-23,27,32,34-35,39H,2-16,19,24-26,28-30H2,1H3,(H,37,40)/t32-,34+,35?,46?/m0/s1. The Balaban J connectivity index is 1.11. The monoisotopic (exact) mass is 662 g/mol. The van der Waals surface area contributed by atoms with Crippen LogP contribution < -0.4 is 14.8 Å². The van der Waals surface area contributed by atoms with Gasteiger partial charge in [0.05, 0.1) is 14.7 Å². The SMILES string of the molecule is CCCCCCCCCCCCCCCCCCNC(=O)OC[C@@H]1CC[C@H](C(O)OP([O-])OCC[n+]2cccc3ccccc32)O1. The second kappa shape index (κ2) is 24.3. The van der Waals surface area contributed by atoms with Crippen LogP contribution in [0.15, 0.2) is 42.6 Å². The van der Waals surface area contributed by atoms with Gasteiger partial charge in [-0.25, -0.2) is 4.79 Å². The zero-order chi connectivity index (χ0) is 32.7. The van der Waals surface area contributed by atoms with Crippen molar-refractivity contribution in [2.75, 3.05) is 19.8 Å². The topological polar surface area (TPSA) is 113 Å². The fraction of sp³-hybridized carbons (Fsp3) is 0.722. The minimum Gasteiger partial charge on any atom is -0.786 e. The summed E-state index contributed by atoms with van der Waals surface area (Å²) in [4.78, 5) is 24.3. The van der Waals surface area contributed by atoms with Gasteiger partial charge in [0.1, 0.15) is 19.3 Å². The van der Waals surface area contributed by atoms with Crippen LogP contribution in [0.5, 0.6) is 0 Å². The second-order valence-corrected chi connectivity index (χ2v) is 13.4. The van der Waals surface area contributed by atoms with Crippen molar-refractivity contribution in [3.8, 4) is 0 Å². The Morgan fingerprint density at radius 1 is 0.935 bits per heavy atom. The maximum atomic E-state index is 12.3. The number of fused-ring (bicyclic) bond motifs is 1. The summed E-state index contributed by atoms with van der Waals surface area (Å²) in [6, 6.07) is 12.0. The molecule has 0 radical (unpaired) electrons. The van der Waals surface area contributed by atoms with Gasteiger partial charge < -0.3 is 33.8 Å². The third-order valence-electron chi connectivity index (χ3n) is 8.67. The minimum absolute atomic E-state index is 0.0961. The Labute approximate surface area is 278 Å². The van der Waals surface area contributed by atoms with Gasteiger partial charge in [0.25, 0.3) is 0 Å². The van der Waals surface area contributed by atoms with Crippen molar-refractivity contribution in [1.82, 2.24) is 5.32 Å². The zero-order valence-corrected chi connectivity index (χ0v) is 29.0. The van der Waals surface area contributed by atoms with Crippen LogP contribution in [0, 0.1) is 0 Å². The van der Waals surface area contributed by atoms with Gasteiger partial charge in [-0.3, -0.25) is 0 Å². The molecule has 1 aliphatic heterocycles. The summed E-state index contributed by atoms with van der Waals surface area (Å²) < 4.78 is 23.6. The van der Waals surface area contributed by atoms with E-state index in [1.165, 1.54) is 89.9 Å². The highest BCUT2D eigenvalue weighted by Crippen LogP contribution is 2.33. The number of rotatable bonds is 26. The summed E-state index contributed by atoms with van der Waals surface area (Å²) in [5.41, 5.74) is 1.05. The molecule has 0 aliphatic carbocycles. The predicted molar refractivity (Wildman–Crippen MR) is 181 cm³/mol. The van der Waals surface area contributed by atoms with Gasteiger partial charge >= 0.3 is 6.09 Å². The Morgan fingerprint density at radius 2 is 1.54 bits per heavy atom. The molecule has 0 spiro atoms. The number of benzene rings is 1. The number of hydrogen-bond acceptors (Lipinski definition) is 7. The Bertz CT molecular complexity index is 1070. The number of aliphatic hydroxyl groups is 1. The highest BCUT2D eigenvalue weighted by molar-refractivity contribution is 7.39. The van der Waals surface area contributed by atoms with Crippen molar-refractivity contribution < 1.29 is 37.9 Å². The zero-order valence-electron chi connectivity index (χ0n) is 28.1. The van der Waals surface area contributed by atoms with Crippen LogP contribution >= 0.6 is 8.60 Å². The van der Waals surface area contributed by atoms with Gasteiger partial charge in [0.15, 0.2) is 19.0 Å². The molecule has 10 heteroatoms. The molecule has 2 unspecified atom stereocenters. The minimum atomic E-state index is -2.52. The number of alkyl carbamates (subject to hydrolysis) is 1. The molecule has 0 bridgehead atoms. The summed E-state index contributed by atoms with van der Waals surface area (Å²) in [5, 5.41) is 14.3. The number of nitrogens with zero attached hydrogens (tertiary/aromatic N) is 1. The van der Waals surface area contributed by atoms with Crippen LogP contribution in [0.3, 0.4) is 0 Å². The molecule has 1 aromatic carbocycles. The normalized spacial score (nSPS) is 17.7. The van der Waals surface area contributed by atoms with E-state index >= 15 is 0 Å². The van der Waals surface area contributed by atoms with Crippen LogP contribution in [0.1, 0.15) is 122 Å². The molecule has 260 valence electrons. The number of ether oxygens (including phenoxy) is 2. The van der Waals surface area contributed by atoms with E-state index in [1.54, 1.807) is 0 Å².